The van der Waals surface area contributed by atoms with Crippen molar-refractivity contribution in [1.82, 2.24) is 0 Å². The van der Waals surface area contributed by atoms with Crippen molar-refractivity contribution >= 4 is 17.5 Å². The number of hydrogen-bond acceptors (Lipinski definition) is 4. The monoisotopic (exact) mass is 309 g/mol. The molecule has 0 radical (unpaired) electrons. The van der Waals surface area contributed by atoms with Crippen molar-refractivity contribution in [2.45, 2.75) is 57.7 Å². The molecule has 0 aliphatic heterocycles. The Morgan fingerprint density at radius 3 is 2.68 bits per heavy atom. The number of amides is 1. The summed E-state index contributed by atoms with van der Waals surface area (Å²) in [5.74, 6) is -0.352. The van der Waals surface area contributed by atoms with Gasteiger partial charge in [-0.3, -0.25) is 5.32 Å². The summed E-state index contributed by atoms with van der Waals surface area (Å²) in [5.41, 5.74) is 6.14. The summed E-state index contributed by atoms with van der Waals surface area (Å²) in [7, 11) is 0. The van der Waals surface area contributed by atoms with Crippen LogP contribution in [0.3, 0.4) is 0 Å². The van der Waals surface area contributed by atoms with Crippen LogP contribution in [0.25, 0.3) is 0 Å². The predicted octanol–water partition coefficient (Wildman–Crippen LogP) is 3.46. The lowest BCUT2D eigenvalue weighted by Crippen LogP contribution is -2.27. The number of nitrogens with two attached hydrogens (primary N) is 1. The van der Waals surface area contributed by atoms with Crippen molar-refractivity contribution in [1.29, 1.82) is 0 Å². The molecule has 1 fully saturated rings. The Balaban J connectivity index is 2.01. The highest BCUT2D eigenvalue weighted by Crippen LogP contribution is 2.26. The van der Waals surface area contributed by atoms with Crippen LogP contribution in [0.2, 0.25) is 0 Å². The zero-order valence-electron chi connectivity index (χ0n) is 13.3. The molecule has 6 heteroatoms. The number of benzene rings is 1. The fourth-order valence-corrected chi connectivity index (χ4v) is 2.50. The third-order valence-electron chi connectivity index (χ3n) is 3.44. The standard InChI is InChI=1S/C16H24FN3O2/c1-16(2,3)22-15(21)20-12-6-7-13(17)14(9-12)19-11-5-4-10(18)8-11/h6-7,9-11,19H,4-5,8,18H2,1-3H3,(H,20,21). The smallest absolute Gasteiger partial charge is 0.412 e. The number of rotatable bonds is 3. The van der Waals surface area contributed by atoms with Gasteiger partial charge in [-0.15, -0.1) is 0 Å². The van der Waals surface area contributed by atoms with Crippen LogP contribution in [0, 0.1) is 5.82 Å². The van der Waals surface area contributed by atoms with Crippen LogP contribution in [0.15, 0.2) is 18.2 Å². The molecule has 22 heavy (non-hydrogen) atoms. The summed E-state index contributed by atoms with van der Waals surface area (Å²) in [4.78, 5) is 11.7. The second-order valence-electron chi connectivity index (χ2n) is 6.74. The Kier molecular flexibility index (Phi) is 4.90. The second kappa shape index (κ2) is 6.52. The zero-order chi connectivity index (χ0) is 16.3. The van der Waals surface area contributed by atoms with Crippen LogP contribution in [0.1, 0.15) is 40.0 Å². The molecule has 122 valence electrons. The minimum atomic E-state index is -0.578. The first kappa shape index (κ1) is 16.5. The zero-order valence-corrected chi connectivity index (χ0v) is 13.3. The number of nitrogens with one attached hydrogen (secondary N) is 2. The molecule has 2 unspecified atom stereocenters. The molecule has 5 nitrogen and oxygen atoms in total. The Hall–Kier alpha value is -1.82. The highest BCUT2D eigenvalue weighted by atomic mass is 19.1. The maximum absolute atomic E-state index is 13.9. The fourth-order valence-electron chi connectivity index (χ4n) is 2.50. The van der Waals surface area contributed by atoms with E-state index < -0.39 is 11.7 Å². The molecule has 2 rings (SSSR count). The maximum Gasteiger partial charge on any atom is 0.412 e. The van der Waals surface area contributed by atoms with E-state index in [4.69, 9.17) is 10.5 Å². The third-order valence-corrected chi connectivity index (χ3v) is 3.44. The van der Waals surface area contributed by atoms with Gasteiger partial charge >= 0.3 is 6.09 Å². The Bertz CT molecular complexity index is 543. The molecule has 0 bridgehead atoms. The lowest BCUT2D eigenvalue weighted by molar-refractivity contribution is 0.0636. The van der Waals surface area contributed by atoms with E-state index in [2.05, 4.69) is 10.6 Å². The largest absolute Gasteiger partial charge is 0.444 e. The Morgan fingerprint density at radius 2 is 2.09 bits per heavy atom. The Morgan fingerprint density at radius 1 is 1.36 bits per heavy atom. The molecule has 0 aromatic heterocycles. The van der Waals surface area contributed by atoms with Crippen molar-refractivity contribution in [3.05, 3.63) is 24.0 Å². The van der Waals surface area contributed by atoms with Crippen LogP contribution in [0.4, 0.5) is 20.6 Å². The van der Waals surface area contributed by atoms with E-state index in [0.29, 0.717) is 11.4 Å². The first-order valence-electron chi connectivity index (χ1n) is 7.54. The highest BCUT2D eigenvalue weighted by molar-refractivity contribution is 5.85. The van der Waals surface area contributed by atoms with Gasteiger partial charge in [0, 0.05) is 17.8 Å². The molecule has 0 heterocycles. The van der Waals surface area contributed by atoms with Gasteiger partial charge in [0.05, 0.1) is 5.69 Å². The normalized spacial score (nSPS) is 21.5. The fraction of sp³-hybridized carbons (Fsp3) is 0.562. The summed E-state index contributed by atoms with van der Waals surface area (Å²) >= 11 is 0. The SMILES string of the molecule is CC(C)(C)OC(=O)Nc1ccc(F)c(NC2CCC(N)C2)c1. The van der Waals surface area contributed by atoms with E-state index in [1.165, 1.54) is 12.1 Å². The van der Waals surface area contributed by atoms with Gasteiger partial charge in [-0.2, -0.15) is 0 Å². The van der Waals surface area contributed by atoms with Gasteiger partial charge < -0.3 is 15.8 Å². The van der Waals surface area contributed by atoms with E-state index in [0.717, 1.165) is 19.3 Å². The molecule has 1 aromatic rings. The molecule has 1 aliphatic carbocycles. The molecular weight excluding hydrogens is 285 g/mol. The van der Waals surface area contributed by atoms with Gasteiger partial charge in [-0.1, -0.05) is 0 Å². The number of hydrogen-bond donors (Lipinski definition) is 3. The van der Waals surface area contributed by atoms with Crippen LogP contribution in [0.5, 0.6) is 0 Å². The summed E-state index contributed by atoms with van der Waals surface area (Å²) < 4.78 is 19.1. The van der Waals surface area contributed by atoms with Crippen LogP contribution >= 0.6 is 0 Å². The van der Waals surface area contributed by atoms with Crippen LogP contribution in [-0.2, 0) is 4.74 Å². The number of halogens is 1. The Labute approximate surface area is 130 Å². The van der Waals surface area contributed by atoms with Gasteiger partial charge in [-0.05, 0) is 58.2 Å². The van der Waals surface area contributed by atoms with Crippen LogP contribution in [-0.4, -0.2) is 23.8 Å². The maximum atomic E-state index is 13.9. The number of carbonyl (C=O) groups excluding carboxylic acids is 1. The van der Waals surface area contributed by atoms with Crippen molar-refractivity contribution in [3.63, 3.8) is 0 Å². The topological polar surface area (TPSA) is 76.4 Å². The van der Waals surface area contributed by atoms with Gasteiger partial charge in [-0.25, -0.2) is 9.18 Å². The summed E-state index contributed by atoms with van der Waals surface area (Å²) in [5, 5.41) is 5.76. The molecule has 0 saturated heterocycles. The predicted molar refractivity (Wildman–Crippen MR) is 85.5 cm³/mol. The molecular formula is C16H24FN3O2. The van der Waals surface area contributed by atoms with Gasteiger partial charge in [0.2, 0.25) is 0 Å². The lowest BCUT2D eigenvalue weighted by atomic mass is 10.2. The summed E-state index contributed by atoms with van der Waals surface area (Å²) in [6.07, 6.45) is 2.12. The van der Waals surface area contributed by atoms with E-state index in [-0.39, 0.29) is 17.9 Å². The van der Waals surface area contributed by atoms with E-state index in [1.54, 1.807) is 26.8 Å². The quantitative estimate of drug-likeness (QED) is 0.799. The molecule has 4 N–H and O–H groups in total. The van der Waals surface area contributed by atoms with Crippen molar-refractivity contribution in [2.24, 2.45) is 5.73 Å². The third kappa shape index (κ3) is 4.87. The summed E-state index contributed by atoms with van der Waals surface area (Å²) in [6, 6.07) is 4.74. The van der Waals surface area contributed by atoms with Crippen molar-refractivity contribution in [3.8, 4) is 0 Å². The van der Waals surface area contributed by atoms with E-state index >= 15 is 0 Å². The molecule has 1 amide bonds. The number of carbonyl (C=O) groups is 1. The highest BCUT2D eigenvalue weighted by Gasteiger charge is 2.22. The number of anilines is 2. The van der Waals surface area contributed by atoms with Crippen molar-refractivity contribution < 1.29 is 13.9 Å². The molecule has 1 aliphatic rings. The second-order valence-corrected chi connectivity index (χ2v) is 6.74. The number of ether oxygens (including phenoxy) is 1. The van der Waals surface area contributed by atoms with Crippen molar-refractivity contribution in [2.75, 3.05) is 10.6 Å². The van der Waals surface area contributed by atoms with Gasteiger partial charge in [0.15, 0.2) is 0 Å². The lowest BCUT2D eigenvalue weighted by Gasteiger charge is -2.20. The molecule has 2 atom stereocenters. The van der Waals surface area contributed by atoms with Gasteiger partial charge in [0.1, 0.15) is 11.4 Å². The van der Waals surface area contributed by atoms with E-state index in [1.807, 2.05) is 0 Å². The minimum absolute atomic E-state index is 0.168. The average molecular weight is 309 g/mol. The molecule has 1 aromatic carbocycles. The molecule has 1 saturated carbocycles. The minimum Gasteiger partial charge on any atom is -0.444 e. The molecule has 0 spiro atoms. The first-order chi connectivity index (χ1) is 10.2. The van der Waals surface area contributed by atoms with Gasteiger partial charge in [0.25, 0.3) is 0 Å². The van der Waals surface area contributed by atoms with E-state index in [9.17, 15) is 9.18 Å². The first-order valence-corrected chi connectivity index (χ1v) is 7.54. The average Bonchev–Trinajstić information content (AvgIpc) is 2.76. The summed E-state index contributed by atoms with van der Waals surface area (Å²) in [6.45, 7) is 5.36. The van der Waals surface area contributed by atoms with Crippen LogP contribution < -0.4 is 16.4 Å².